The zero-order valence-corrected chi connectivity index (χ0v) is 11.2. The van der Waals surface area contributed by atoms with Gasteiger partial charge in [0.25, 0.3) is 5.88 Å². The van der Waals surface area contributed by atoms with Gasteiger partial charge in [-0.25, -0.2) is 4.98 Å². The first-order valence-corrected chi connectivity index (χ1v) is 5.95. The fraction of sp³-hybridized carbons (Fsp3) is 0.231. The molecule has 0 atom stereocenters. The Bertz CT molecular complexity index is 631. The smallest absolute Gasteiger partial charge is 0.372 e. The number of rotatable bonds is 5. The lowest BCUT2D eigenvalue weighted by Gasteiger charge is -2.09. The van der Waals surface area contributed by atoms with E-state index in [9.17, 15) is 10.1 Å². The topological polar surface area (TPSA) is 90.2 Å². The third-order valence-electron chi connectivity index (χ3n) is 2.87. The molecule has 104 valence electrons. The number of nitro groups is 1. The van der Waals surface area contributed by atoms with Gasteiger partial charge in [0, 0.05) is 6.54 Å². The summed E-state index contributed by atoms with van der Waals surface area (Å²) in [6.45, 7) is 2.42. The van der Waals surface area contributed by atoms with Gasteiger partial charge in [-0.15, -0.1) is 0 Å². The molecule has 1 aromatic heterocycles. The van der Waals surface area contributed by atoms with E-state index in [-0.39, 0.29) is 17.4 Å². The zero-order valence-electron chi connectivity index (χ0n) is 11.2. The van der Waals surface area contributed by atoms with Crippen LogP contribution in [0.25, 0.3) is 0 Å². The summed E-state index contributed by atoms with van der Waals surface area (Å²) in [5.41, 5.74) is 1.88. The van der Waals surface area contributed by atoms with E-state index >= 15 is 0 Å². The van der Waals surface area contributed by atoms with Gasteiger partial charge >= 0.3 is 5.69 Å². The van der Waals surface area contributed by atoms with Crippen LogP contribution in [0.3, 0.4) is 0 Å². The van der Waals surface area contributed by atoms with E-state index in [4.69, 9.17) is 4.74 Å². The van der Waals surface area contributed by atoms with Gasteiger partial charge in [0.1, 0.15) is 6.33 Å². The molecule has 2 rings (SSSR count). The minimum absolute atomic E-state index is 0.0581. The lowest BCUT2D eigenvalue weighted by atomic mass is 10.1. The van der Waals surface area contributed by atoms with Crippen LogP contribution in [0.15, 0.2) is 30.6 Å². The normalized spacial score (nSPS) is 10.1. The van der Waals surface area contributed by atoms with Crippen LogP contribution in [0, 0.1) is 17.0 Å². The maximum absolute atomic E-state index is 11.1. The van der Waals surface area contributed by atoms with Crippen LogP contribution >= 0.6 is 0 Å². The van der Waals surface area contributed by atoms with Gasteiger partial charge < -0.3 is 10.1 Å². The highest BCUT2D eigenvalue weighted by Gasteiger charge is 2.23. The number of hydrogen-bond donors (Lipinski definition) is 1. The molecule has 7 heteroatoms. The molecule has 0 bridgehead atoms. The van der Waals surface area contributed by atoms with E-state index in [0.29, 0.717) is 6.54 Å². The third kappa shape index (κ3) is 2.82. The van der Waals surface area contributed by atoms with Gasteiger partial charge in [0.2, 0.25) is 5.82 Å². The maximum Gasteiger partial charge on any atom is 0.372 e. The predicted molar refractivity (Wildman–Crippen MR) is 73.7 cm³/mol. The highest BCUT2D eigenvalue weighted by molar-refractivity contribution is 5.61. The molecule has 0 fully saturated rings. The van der Waals surface area contributed by atoms with Crippen molar-refractivity contribution in [2.75, 3.05) is 12.4 Å². The Morgan fingerprint density at radius 3 is 2.75 bits per heavy atom. The van der Waals surface area contributed by atoms with Crippen molar-refractivity contribution in [3.63, 3.8) is 0 Å². The second kappa shape index (κ2) is 5.96. The van der Waals surface area contributed by atoms with Crippen LogP contribution in [0.5, 0.6) is 5.88 Å². The molecule has 0 aliphatic heterocycles. The highest BCUT2D eigenvalue weighted by Crippen LogP contribution is 2.30. The summed E-state index contributed by atoms with van der Waals surface area (Å²) >= 11 is 0. The summed E-state index contributed by atoms with van der Waals surface area (Å²) in [4.78, 5) is 18.2. The molecule has 0 saturated carbocycles. The van der Waals surface area contributed by atoms with Gasteiger partial charge in [0.05, 0.1) is 12.0 Å². The molecule has 1 heterocycles. The summed E-state index contributed by atoms with van der Waals surface area (Å²) in [7, 11) is 1.33. The Morgan fingerprint density at radius 1 is 1.35 bits per heavy atom. The molecule has 1 N–H and O–H groups in total. The van der Waals surface area contributed by atoms with E-state index in [2.05, 4.69) is 15.3 Å². The van der Waals surface area contributed by atoms with Crippen molar-refractivity contribution in [1.82, 2.24) is 9.97 Å². The quantitative estimate of drug-likeness (QED) is 0.664. The van der Waals surface area contributed by atoms with Crippen LogP contribution in [-0.2, 0) is 6.54 Å². The Hall–Kier alpha value is -2.70. The fourth-order valence-electron chi connectivity index (χ4n) is 1.79. The van der Waals surface area contributed by atoms with Crippen LogP contribution in [0.4, 0.5) is 11.5 Å². The number of aromatic nitrogens is 2. The van der Waals surface area contributed by atoms with Crippen LogP contribution in [-0.4, -0.2) is 22.0 Å². The first-order valence-electron chi connectivity index (χ1n) is 5.95. The zero-order chi connectivity index (χ0) is 14.5. The SMILES string of the molecule is COc1ncnc(NCc2ccccc2C)c1[N+](=O)[O-]. The third-order valence-corrected chi connectivity index (χ3v) is 2.87. The monoisotopic (exact) mass is 274 g/mol. The van der Waals surface area contributed by atoms with Crippen LogP contribution in [0.2, 0.25) is 0 Å². The molecule has 0 radical (unpaired) electrons. The molecular formula is C13H14N4O3. The number of benzene rings is 1. The molecule has 0 unspecified atom stereocenters. The van der Waals surface area contributed by atoms with Crippen LogP contribution < -0.4 is 10.1 Å². The number of hydrogen-bond acceptors (Lipinski definition) is 6. The lowest BCUT2D eigenvalue weighted by molar-refractivity contribution is -0.385. The van der Waals surface area contributed by atoms with Crippen molar-refractivity contribution in [3.8, 4) is 5.88 Å². The Kier molecular flexibility index (Phi) is 4.09. The second-order valence-corrected chi connectivity index (χ2v) is 4.12. The van der Waals surface area contributed by atoms with Gasteiger partial charge in [-0.1, -0.05) is 24.3 Å². The van der Waals surface area contributed by atoms with Gasteiger partial charge in [0.15, 0.2) is 0 Å². The minimum atomic E-state index is -0.557. The first kappa shape index (κ1) is 13.7. The number of nitrogens with zero attached hydrogens (tertiary/aromatic N) is 3. The van der Waals surface area contributed by atoms with Crippen molar-refractivity contribution in [2.24, 2.45) is 0 Å². The fourth-order valence-corrected chi connectivity index (χ4v) is 1.79. The summed E-state index contributed by atoms with van der Waals surface area (Å²) in [5, 5.41) is 14.0. The Balaban J connectivity index is 2.26. The summed E-state index contributed by atoms with van der Waals surface area (Å²) in [6, 6.07) is 7.78. The molecule has 0 saturated heterocycles. The van der Waals surface area contributed by atoms with E-state index in [1.54, 1.807) is 0 Å². The predicted octanol–water partition coefficient (Wildman–Crippen LogP) is 2.31. The number of aryl methyl sites for hydroxylation is 1. The van der Waals surface area contributed by atoms with E-state index in [1.165, 1.54) is 13.4 Å². The average Bonchev–Trinajstić information content (AvgIpc) is 2.45. The largest absolute Gasteiger partial charge is 0.476 e. The van der Waals surface area contributed by atoms with Crippen molar-refractivity contribution in [2.45, 2.75) is 13.5 Å². The second-order valence-electron chi connectivity index (χ2n) is 4.12. The van der Waals surface area contributed by atoms with E-state index in [1.807, 2.05) is 31.2 Å². The number of methoxy groups -OCH3 is 1. The number of nitrogens with one attached hydrogen (secondary N) is 1. The minimum Gasteiger partial charge on any atom is -0.476 e. The molecular weight excluding hydrogens is 260 g/mol. The molecule has 1 aromatic carbocycles. The summed E-state index contributed by atoms with van der Waals surface area (Å²) in [6.07, 6.45) is 1.23. The standard InChI is InChI=1S/C13H14N4O3/c1-9-5-3-4-6-10(9)7-14-12-11(17(18)19)13(20-2)16-8-15-12/h3-6,8H,7H2,1-2H3,(H,14,15,16). The van der Waals surface area contributed by atoms with E-state index in [0.717, 1.165) is 11.1 Å². The molecule has 2 aromatic rings. The molecule has 0 aliphatic carbocycles. The number of anilines is 1. The van der Waals surface area contributed by atoms with Crippen molar-refractivity contribution in [3.05, 3.63) is 51.8 Å². The molecule has 7 nitrogen and oxygen atoms in total. The molecule has 0 amide bonds. The molecule has 20 heavy (non-hydrogen) atoms. The van der Waals surface area contributed by atoms with Gasteiger partial charge in [-0.3, -0.25) is 10.1 Å². The van der Waals surface area contributed by atoms with Gasteiger partial charge in [-0.05, 0) is 18.1 Å². The molecule has 0 spiro atoms. The first-order chi connectivity index (χ1) is 9.63. The average molecular weight is 274 g/mol. The Labute approximate surface area is 115 Å². The van der Waals surface area contributed by atoms with Crippen molar-refractivity contribution < 1.29 is 9.66 Å². The lowest BCUT2D eigenvalue weighted by Crippen LogP contribution is -2.07. The molecule has 0 aliphatic rings. The van der Waals surface area contributed by atoms with E-state index < -0.39 is 4.92 Å². The highest BCUT2D eigenvalue weighted by atomic mass is 16.6. The van der Waals surface area contributed by atoms with Gasteiger partial charge in [-0.2, -0.15) is 4.98 Å². The van der Waals surface area contributed by atoms with Crippen LogP contribution in [0.1, 0.15) is 11.1 Å². The summed E-state index contributed by atoms with van der Waals surface area (Å²) < 4.78 is 4.89. The Morgan fingerprint density at radius 2 is 2.10 bits per heavy atom. The number of ether oxygens (including phenoxy) is 1. The summed E-state index contributed by atoms with van der Waals surface area (Å²) in [5.74, 6) is 0.0855. The van der Waals surface area contributed by atoms with Crippen molar-refractivity contribution in [1.29, 1.82) is 0 Å². The van der Waals surface area contributed by atoms with Crippen molar-refractivity contribution >= 4 is 11.5 Å². The maximum atomic E-state index is 11.1.